The first-order valence-corrected chi connectivity index (χ1v) is 4.45. The van der Waals surface area contributed by atoms with Crippen LogP contribution in [0.5, 0.6) is 0 Å². The van der Waals surface area contributed by atoms with Crippen molar-refractivity contribution in [1.82, 2.24) is 0 Å². The third-order valence-electron chi connectivity index (χ3n) is 0.839. The molecule has 0 radical (unpaired) electrons. The number of hydrogen-bond acceptors (Lipinski definition) is 4. The molecule has 0 rings (SSSR count). The highest BCUT2D eigenvalue weighted by Crippen LogP contribution is 1.95. The predicted molar refractivity (Wildman–Crippen MR) is 43.0 cm³/mol. The molecule has 11 heavy (non-hydrogen) atoms. The summed E-state index contributed by atoms with van der Waals surface area (Å²) in [6.45, 7) is 0. The van der Waals surface area contributed by atoms with Crippen molar-refractivity contribution in [2.24, 2.45) is 0 Å². The summed E-state index contributed by atoms with van der Waals surface area (Å²) in [4.78, 5) is 10.1. The minimum atomic E-state index is -1.20. The Morgan fingerprint density at radius 2 is 2.18 bits per heavy atom. The summed E-state index contributed by atoms with van der Waals surface area (Å²) in [6, 6.07) is 0. The molecule has 0 N–H and O–H groups in total. The van der Waals surface area contributed by atoms with Gasteiger partial charge in [-0.3, -0.25) is 0 Å². The first-order chi connectivity index (χ1) is 5.20. The van der Waals surface area contributed by atoms with Crippen LogP contribution in [0.2, 0.25) is 0 Å². The lowest BCUT2D eigenvalue weighted by atomic mass is 11.0. The van der Waals surface area contributed by atoms with Gasteiger partial charge in [-0.2, -0.15) is 0 Å². The summed E-state index contributed by atoms with van der Waals surface area (Å²) in [5.41, 5.74) is -0.810. The monoisotopic (exact) mass is 196 g/mol. The number of ether oxygens (including phenoxy) is 2. The largest absolute Gasteiger partial charge is 0.505 e. The molecule has 0 aromatic heterocycles. The molecule has 6 heteroatoms. The standard InChI is InChI=1S/C5H9ClO4Si/c1-8-3-4(9-2)11-10-5(6)7/h3H,11H2,1-2H3. The van der Waals surface area contributed by atoms with Gasteiger partial charge in [0.25, 0.3) is 9.76 Å². The molecule has 0 amide bonds. The van der Waals surface area contributed by atoms with E-state index in [-0.39, 0.29) is 0 Å². The molecule has 0 fully saturated rings. The van der Waals surface area contributed by atoms with Gasteiger partial charge in [0.1, 0.15) is 11.6 Å². The van der Waals surface area contributed by atoms with Crippen LogP contribution >= 0.6 is 11.6 Å². The van der Waals surface area contributed by atoms with Crippen molar-refractivity contribution in [2.45, 2.75) is 0 Å². The van der Waals surface area contributed by atoms with Crippen LogP contribution in [0.4, 0.5) is 4.79 Å². The second-order valence-electron chi connectivity index (χ2n) is 1.55. The Balaban J connectivity index is 3.69. The van der Waals surface area contributed by atoms with E-state index < -0.39 is 15.2 Å². The highest BCUT2D eigenvalue weighted by atomic mass is 35.5. The van der Waals surface area contributed by atoms with Crippen LogP contribution in [0.25, 0.3) is 0 Å². The Bertz CT molecular complexity index is 159. The molecule has 0 aliphatic heterocycles. The normalized spacial score (nSPS) is 11.7. The molecule has 0 unspecified atom stereocenters. The van der Waals surface area contributed by atoms with Crippen molar-refractivity contribution < 1.29 is 18.7 Å². The van der Waals surface area contributed by atoms with E-state index in [9.17, 15) is 4.79 Å². The minimum Gasteiger partial charge on any atom is -0.505 e. The van der Waals surface area contributed by atoms with Gasteiger partial charge in [0.05, 0.1) is 14.2 Å². The topological polar surface area (TPSA) is 44.8 Å². The summed E-state index contributed by atoms with van der Waals surface area (Å²) >= 11 is 4.93. The van der Waals surface area contributed by atoms with Crippen molar-refractivity contribution in [2.75, 3.05) is 14.2 Å². The first kappa shape index (κ1) is 10.3. The molecule has 0 aromatic carbocycles. The van der Waals surface area contributed by atoms with Crippen molar-refractivity contribution in [1.29, 1.82) is 0 Å². The molecule has 0 bridgehead atoms. The molecule has 0 aromatic rings. The van der Waals surface area contributed by atoms with Gasteiger partial charge in [0.2, 0.25) is 0 Å². The van der Waals surface area contributed by atoms with Gasteiger partial charge in [-0.1, -0.05) is 0 Å². The molecule has 0 atom stereocenters. The molecule has 0 aliphatic rings. The van der Waals surface area contributed by atoms with Gasteiger partial charge >= 0.3 is 5.43 Å². The van der Waals surface area contributed by atoms with E-state index in [1.807, 2.05) is 0 Å². The smallest absolute Gasteiger partial charge is 0.390 e. The Morgan fingerprint density at radius 3 is 2.55 bits per heavy atom. The molecule has 0 heterocycles. The summed E-state index contributed by atoms with van der Waals surface area (Å²) in [7, 11) is 1.75. The predicted octanol–water partition coefficient (Wildman–Crippen LogP) is 0.537. The second kappa shape index (κ2) is 6.05. The molecule has 4 nitrogen and oxygen atoms in total. The average Bonchev–Trinajstić information content (AvgIpc) is 1.97. The highest BCUT2D eigenvalue weighted by molar-refractivity contribution is 6.64. The zero-order valence-electron chi connectivity index (χ0n) is 6.30. The van der Waals surface area contributed by atoms with Crippen molar-refractivity contribution in [3.8, 4) is 0 Å². The minimum absolute atomic E-state index is 0.529. The van der Waals surface area contributed by atoms with E-state index in [0.717, 1.165) is 0 Å². The maximum absolute atomic E-state index is 10.1. The number of carbonyl (C=O) groups is 1. The van der Waals surface area contributed by atoms with Crippen molar-refractivity contribution in [3.63, 3.8) is 0 Å². The highest BCUT2D eigenvalue weighted by Gasteiger charge is 2.02. The number of rotatable bonds is 4. The number of hydrogen-bond donors (Lipinski definition) is 0. The van der Waals surface area contributed by atoms with E-state index >= 15 is 0 Å². The van der Waals surface area contributed by atoms with E-state index in [4.69, 9.17) is 16.3 Å². The van der Waals surface area contributed by atoms with Crippen molar-refractivity contribution >= 4 is 26.8 Å². The van der Waals surface area contributed by atoms with Crippen LogP contribution in [0.3, 0.4) is 0 Å². The van der Waals surface area contributed by atoms with Gasteiger partial charge in [-0.05, 0) is 0 Å². The van der Waals surface area contributed by atoms with Gasteiger partial charge in [-0.15, -0.1) is 0 Å². The summed E-state index contributed by atoms with van der Waals surface area (Å²) in [5, 5.41) is 0.529. The quantitative estimate of drug-likeness (QED) is 0.374. The number of halogens is 1. The lowest BCUT2D eigenvalue weighted by Gasteiger charge is -2.03. The van der Waals surface area contributed by atoms with Crippen LogP contribution in [-0.2, 0) is 13.9 Å². The zero-order valence-corrected chi connectivity index (χ0v) is 8.47. The number of methoxy groups -OCH3 is 2. The van der Waals surface area contributed by atoms with Crippen LogP contribution in [0, 0.1) is 0 Å². The Labute approximate surface area is 72.0 Å². The summed E-state index contributed by atoms with van der Waals surface area (Å²) < 4.78 is 14.0. The van der Waals surface area contributed by atoms with Crippen LogP contribution in [-0.4, -0.2) is 29.4 Å². The maximum atomic E-state index is 10.1. The maximum Gasteiger partial charge on any atom is 0.390 e. The molecule has 0 spiro atoms. The Hall–Kier alpha value is -0.683. The fourth-order valence-electron chi connectivity index (χ4n) is 0.400. The van der Waals surface area contributed by atoms with Gasteiger partial charge in [-0.25, -0.2) is 4.79 Å². The van der Waals surface area contributed by atoms with Gasteiger partial charge < -0.3 is 13.9 Å². The number of carbonyl (C=O) groups excluding carboxylic acids is 1. The molecular weight excluding hydrogens is 188 g/mol. The lowest BCUT2D eigenvalue weighted by molar-refractivity contribution is 0.223. The third kappa shape index (κ3) is 5.75. The average molecular weight is 197 g/mol. The van der Waals surface area contributed by atoms with Gasteiger partial charge in [0.15, 0.2) is 0 Å². The lowest BCUT2D eigenvalue weighted by Crippen LogP contribution is -2.06. The van der Waals surface area contributed by atoms with Crippen LogP contribution in [0.1, 0.15) is 0 Å². The SMILES string of the molecule is COC=C(OC)[SiH2]OC(=O)Cl. The summed E-state index contributed by atoms with van der Waals surface area (Å²) in [6.07, 6.45) is 1.38. The Morgan fingerprint density at radius 1 is 1.55 bits per heavy atom. The molecule has 0 saturated carbocycles. The first-order valence-electron chi connectivity index (χ1n) is 2.78. The van der Waals surface area contributed by atoms with E-state index in [1.165, 1.54) is 20.5 Å². The van der Waals surface area contributed by atoms with Crippen LogP contribution < -0.4 is 0 Å². The van der Waals surface area contributed by atoms with Crippen LogP contribution in [0.15, 0.2) is 11.6 Å². The fraction of sp³-hybridized carbons (Fsp3) is 0.400. The second-order valence-corrected chi connectivity index (χ2v) is 3.13. The fourth-order valence-corrected chi connectivity index (χ4v) is 1.17. The van der Waals surface area contributed by atoms with E-state index in [1.54, 1.807) is 0 Å². The Kier molecular flexibility index (Phi) is 5.68. The summed E-state index contributed by atoms with van der Waals surface area (Å²) in [5.74, 6) is 0. The van der Waals surface area contributed by atoms with E-state index in [0.29, 0.717) is 5.38 Å². The molecule has 0 saturated heterocycles. The molecular formula is C5H9ClO4Si. The molecule has 64 valence electrons. The van der Waals surface area contributed by atoms with Gasteiger partial charge in [0, 0.05) is 11.6 Å². The third-order valence-corrected chi connectivity index (χ3v) is 2.28. The zero-order chi connectivity index (χ0) is 8.69. The molecule has 0 aliphatic carbocycles. The van der Waals surface area contributed by atoms with Crippen molar-refractivity contribution in [3.05, 3.63) is 11.6 Å². The van der Waals surface area contributed by atoms with E-state index in [2.05, 4.69) is 9.16 Å².